The molecule has 0 aromatic carbocycles. The SMILES string of the molecule is CC(C)CCOCCNC(=O)Cc1ccc(S(N)(=O)=O)s1. The smallest absolute Gasteiger partial charge is 0.247 e. The first-order valence-corrected chi connectivity index (χ1v) is 9.11. The Balaban J connectivity index is 2.24. The Kier molecular flexibility index (Phi) is 7.30. The molecule has 6 nitrogen and oxygen atoms in total. The van der Waals surface area contributed by atoms with Crippen LogP contribution >= 0.6 is 11.3 Å². The molecule has 0 spiro atoms. The summed E-state index contributed by atoms with van der Waals surface area (Å²) in [5, 5.41) is 7.74. The lowest BCUT2D eigenvalue weighted by Gasteiger charge is -2.07. The number of thiophene rings is 1. The minimum Gasteiger partial charge on any atom is -0.380 e. The van der Waals surface area contributed by atoms with Gasteiger partial charge in [-0.05, 0) is 24.5 Å². The van der Waals surface area contributed by atoms with Gasteiger partial charge in [0.15, 0.2) is 0 Å². The number of carbonyl (C=O) groups is 1. The Hall–Kier alpha value is -0.960. The van der Waals surface area contributed by atoms with Crippen molar-refractivity contribution in [1.29, 1.82) is 0 Å². The molecule has 1 rings (SSSR count). The fourth-order valence-electron chi connectivity index (χ4n) is 1.51. The number of hydrogen-bond donors (Lipinski definition) is 2. The van der Waals surface area contributed by atoms with Gasteiger partial charge >= 0.3 is 0 Å². The van der Waals surface area contributed by atoms with Crippen molar-refractivity contribution >= 4 is 27.3 Å². The third-order valence-electron chi connectivity index (χ3n) is 2.66. The summed E-state index contributed by atoms with van der Waals surface area (Å²) in [6.45, 7) is 5.87. The molecule has 8 heteroatoms. The lowest BCUT2D eigenvalue weighted by atomic mass is 10.1. The van der Waals surface area contributed by atoms with Crippen molar-refractivity contribution in [2.24, 2.45) is 11.1 Å². The number of ether oxygens (including phenoxy) is 1. The molecule has 0 radical (unpaired) electrons. The average molecular weight is 334 g/mol. The number of carbonyl (C=O) groups excluding carboxylic acids is 1. The predicted molar refractivity (Wildman–Crippen MR) is 82.7 cm³/mol. The average Bonchev–Trinajstić information content (AvgIpc) is 2.81. The van der Waals surface area contributed by atoms with E-state index in [4.69, 9.17) is 9.88 Å². The van der Waals surface area contributed by atoms with Crippen LogP contribution in [0.2, 0.25) is 0 Å². The van der Waals surface area contributed by atoms with E-state index in [1.807, 2.05) is 0 Å². The van der Waals surface area contributed by atoms with Crippen LogP contribution in [0.1, 0.15) is 25.1 Å². The van der Waals surface area contributed by atoms with Gasteiger partial charge in [0, 0.05) is 18.0 Å². The van der Waals surface area contributed by atoms with Gasteiger partial charge in [0.1, 0.15) is 4.21 Å². The molecule has 0 saturated heterocycles. The van der Waals surface area contributed by atoms with Crippen LogP contribution in [0.3, 0.4) is 0 Å². The van der Waals surface area contributed by atoms with Crippen molar-refractivity contribution in [3.05, 3.63) is 17.0 Å². The van der Waals surface area contributed by atoms with Crippen molar-refractivity contribution in [2.45, 2.75) is 30.9 Å². The van der Waals surface area contributed by atoms with Gasteiger partial charge in [-0.15, -0.1) is 11.3 Å². The lowest BCUT2D eigenvalue weighted by molar-refractivity contribution is -0.120. The highest BCUT2D eigenvalue weighted by molar-refractivity contribution is 7.91. The summed E-state index contributed by atoms with van der Waals surface area (Å²) in [7, 11) is -3.69. The Bertz CT molecular complexity index is 552. The second kappa shape index (κ2) is 8.47. The van der Waals surface area contributed by atoms with Crippen molar-refractivity contribution in [2.75, 3.05) is 19.8 Å². The summed E-state index contributed by atoms with van der Waals surface area (Å²) >= 11 is 1.01. The highest BCUT2D eigenvalue weighted by Crippen LogP contribution is 2.20. The molecular weight excluding hydrogens is 312 g/mol. The van der Waals surface area contributed by atoms with Gasteiger partial charge in [-0.3, -0.25) is 4.79 Å². The number of rotatable bonds is 9. The van der Waals surface area contributed by atoms with Gasteiger partial charge in [0.25, 0.3) is 0 Å². The van der Waals surface area contributed by atoms with Crippen molar-refractivity contribution in [3.8, 4) is 0 Å². The van der Waals surface area contributed by atoms with Crippen LogP contribution in [0.5, 0.6) is 0 Å². The van der Waals surface area contributed by atoms with Crippen LogP contribution in [0.15, 0.2) is 16.3 Å². The third kappa shape index (κ3) is 7.56. The monoisotopic (exact) mass is 334 g/mol. The fourth-order valence-corrected chi connectivity index (χ4v) is 3.29. The molecule has 21 heavy (non-hydrogen) atoms. The second-order valence-corrected chi connectivity index (χ2v) is 8.04. The molecule has 1 aromatic heterocycles. The first-order valence-electron chi connectivity index (χ1n) is 6.75. The molecule has 0 aliphatic carbocycles. The standard InChI is InChI=1S/C13H22N2O4S2/c1-10(2)5-7-19-8-6-15-12(16)9-11-3-4-13(20-11)21(14,17)18/h3-4,10H,5-9H2,1-2H3,(H,15,16)(H2,14,17,18). The molecule has 0 fully saturated rings. The van der Waals surface area contributed by atoms with Crippen LogP contribution in [0, 0.1) is 5.92 Å². The summed E-state index contributed by atoms with van der Waals surface area (Å²) in [4.78, 5) is 12.3. The summed E-state index contributed by atoms with van der Waals surface area (Å²) in [5.41, 5.74) is 0. The second-order valence-electron chi connectivity index (χ2n) is 5.09. The zero-order valence-corrected chi connectivity index (χ0v) is 13.9. The maximum Gasteiger partial charge on any atom is 0.247 e. The van der Waals surface area contributed by atoms with E-state index in [0.29, 0.717) is 30.6 Å². The van der Waals surface area contributed by atoms with E-state index in [1.165, 1.54) is 6.07 Å². The van der Waals surface area contributed by atoms with Crippen LogP contribution < -0.4 is 10.5 Å². The molecule has 3 N–H and O–H groups in total. The molecule has 1 heterocycles. The summed E-state index contributed by atoms with van der Waals surface area (Å²) in [5.74, 6) is 0.441. The quantitative estimate of drug-likeness (QED) is 0.661. The number of primary sulfonamides is 1. The molecule has 1 aromatic rings. The van der Waals surface area contributed by atoms with E-state index < -0.39 is 10.0 Å². The van der Waals surface area contributed by atoms with E-state index in [-0.39, 0.29) is 16.5 Å². The molecule has 1 amide bonds. The minimum atomic E-state index is -3.69. The first kappa shape index (κ1) is 18.1. The summed E-state index contributed by atoms with van der Waals surface area (Å²) < 4.78 is 27.7. The van der Waals surface area contributed by atoms with Crippen molar-refractivity contribution < 1.29 is 17.9 Å². The van der Waals surface area contributed by atoms with Gasteiger partial charge < -0.3 is 10.1 Å². The minimum absolute atomic E-state index is 0.0716. The van der Waals surface area contributed by atoms with Crippen LogP contribution in [-0.4, -0.2) is 34.1 Å². The summed E-state index contributed by atoms with van der Waals surface area (Å²) in [6, 6.07) is 3.01. The van der Waals surface area contributed by atoms with Gasteiger partial charge in [-0.2, -0.15) is 0 Å². The zero-order valence-electron chi connectivity index (χ0n) is 12.3. The Labute approximate surface area is 129 Å². The highest BCUT2D eigenvalue weighted by atomic mass is 32.2. The molecule has 0 saturated carbocycles. The van der Waals surface area contributed by atoms with Crippen LogP contribution in [0.25, 0.3) is 0 Å². The number of sulfonamides is 1. The molecule has 0 bridgehead atoms. The third-order valence-corrected chi connectivity index (χ3v) is 5.18. The van der Waals surface area contributed by atoms with E-state index >= 15 is 0 Å². The topological polar surface area (TPSA) is 98.5 Å². The molecule has 0 aliphatic rings. The van der Waals surface area contributed by atoms with E-state index in [2.05, 4.69) is 19.2 Å². The number of amides is 1. The van der Waals surface area contributed by atoms with Gasteiger partial charge in [-0.1, -0.05) is 13.8 Å². The highest BCUT2D eigenvalue weighted by Gasteiger charge is 2.12. The Morgan fingerprint density at radius 3 is 2.67 bits per heavy atom. The first-order chi connectivity index (χ1) is 9.79. The van der Waals surface area contributed by atoms with E-state index in [1.54, 1.807) is 6.07 Å². The Morgan fingerprint density at radius 2 is 2.10 bits per heavy atom. The van der Waals surface area contributed by atoms with Crippen LogP contribution in [-0.2, 0) is 26.0 Å². The number of hydrogen-bond acceptors (Lipinski definition) is 5. The predicted octanol–water partition coefficient (Wildman–Crippen LogP) is 1.12. The maximum atomic E-state index is 11.7. The van der Waals surface area contributed by atoms with Gasteiger partial charge in [-0.25, -0.2) is 13.6 Å². The molecule has 120 valence electrons. The van der Waals surface area contributed by atoms with E-state index in [9.17, 15) is 13.2 Å². The number of nitrogens with two attached hydrogens (primary N) is 1. The summed E-state index contributed by atoms with van der Waals surface area (Å²) in [6.07, 6.45) is 1.14. The fraction of sp³-hybridized carbons (Fsp3) is 0.615. The molecular formula is C13H22N2O4S2. The molecule has 0 atom stereocenters. The van der Waals surface area contributed by atoms with Gasteiger partial charge in [0.2, 0.25) is 15.9 Å². The maximum absolute atomic E-state index is 11.7. The normalized spacial score (nSPS) is 11.8. The largest absolute Gasteiger partial charge is 0.380 e. The Morgan fingerprint density at radius 1 is 1.38 bits per heavy atom. The van der Waals surface area contributed by atoms with Gasteiger partial charge in [0.05, 0.1) is 13.0 Å². The zero-order chi connectivity index (χ0) is 15.9. The molecule has 0 aliphatic heterocycles. The number of nitrogens with one attached hydrogen (secondary N) is 1. The van der Waals surface area contributed by atoms with Crippen LogP contribution in [0.4, 0.5) is 0 Å². The van der Waals surface area contributed by atoms with Crippen molar-refractivity contribution in [3.63, 3.8) is 0 Å². The molecule has 0 unspecified atom stereocenters. The van der Waals surface area contributed by atoms with Crippen molar-refractivity contribution in [1.82, 2.24) is 5.32 Å². The van der Waals surface area contributed by atoms with E-state index in [0.717, 1.165) is 17.8 Å². The lowest BCUT2D eigenvalue weighted by Crippen LogP contribution is -2.28.